The van der Waals surface area contributed by atoms with E-state index < -0.39 is 21.4 Å². The van der Waals surface area contributed by atoms with Crippen molar-refractivity contribution in [1.82, 2.24) is 9.62 Å². The number of aryl methyl sites for hydroxylation is 1. The lowest BCUT2D eigenvalue weighted by atomic mass is 9.94. The highest BCUT2D eigenvalue weighted by atomic mass is 35.5. The Kier molecular flexibility index (Phi) is 7.06. The summed E-state index contributed by atoms with van der Waals surface area (Å²) >= 11 is 6.12. The zero-order chi connectivity index (χ0) is 22.0. The number of amides is 1. The summed E-state index contributed by atoms with van der Waals surface area (Å²) < 4.78 is 39.2. The van der Waals surface area contributed by atoms with E-state index in [2.05, 4.69) is 10.6 Å². The van der Waals surface area contributed by atoms with E-state index >= 15 is 0 Å². The monoisotopic (exact) mass is 441 g/mol. The topological polar surface area (TPSA) is 78.5 Å². The van der Waals surface area contributed by atoms with Gasteiger partial charge in [-0.15, -0.1) is 0 Å². The summed E-state index contributed by atoms with van der Waals surface area (Å²) in [5, 5.41) is 6.04. The first kappa shape index (κ1) is 23.3. The molecule has 2 rings (SSSR count). The fourth-order valence-electron chi connectivity index (χ4n) is 2.75. The molecule has 6 nitrogen and oxygen atoms in total. The minimum absolute atomic E-state index is 0.0512. The highest BCUT2D eigenvalue weighted by molar-refractivity contribution is 7.89. The van der Waals surface area contributed by atoms with Crippen LogP contribution in [0, 0.1) is 12.7 Å². The number of benzene rings is 2. The molecular weight excluding hydrogens is 417 g/mol. The predicted octanol–water partition coefficient (Wildman–Crippen LogP) is 3.50. The maximum atomic E-state index is 13.3. The normalized spacial score (nSPS) is 12.3. The second kappa shape index (κ2) is 8.79. The van der Waals surface area contributed by atoms with Crippen LogP contribution >= 0.6 is 11.6 Å². The Hall–Kier alpha value is -2.00. The number of hydrogen-bond acceptors (Lipinski definition) is 4. The first-order valence-electron chi connectivity index (χ1n) is 8.88. The average Bonchev–Trinajstić information content (AvgIpc) is 2.61. The lowest BCUT2D eigenvalue weighted by Crippen LogP contribution is -2.41. The number of carbonyl (C=O) groups excluding carboxylic acids is 1. The zero-order valence-electron chi connectivity index (χ0n) is 17.0. The van der Waals surface area contributed by atoms with Gasteiger partial charge in [-0.1, -0.05) is 23.7 Å². The molecule has 1 amide bonds. The van der Waals surface area contributed by atoms with Gasteiger partial charge < -0.3 is 5.32 Å². The lowest BCUT2D eigenvalue weighted by Gasteiger charge is -2.27. The summed E-state index contributed by atoms with van der Waals surface area (Å²) in [6.45, 7) is 5.29. The number of hydrogen-bond donors (Lipinski definition) is 2. The predicted molar refractivity (Wildman–Crippen MR) is 113 cm³/mol. The average molecular weight is 442 g/mol. The van der Waals surface area contributed by atoms with Gasteiger partial charge in [-0.25, -0.2) is 17.1 Å². The number of nitrogens with one attached hydrogen (secondary N) is 2. The van der Waals surface area contributed by atoms with Crippen molar-refractivity contribution in [1.29, 1.82) is 0 Å². The molecule has 0 saturated heterocycles. The summed E-state index contributed by atoms with van der Waals surface area (Å²) in [5.74, 6) is -0.788. The zero-order valence-corrected chi connectivity index (χ0v) is 18.6. The van der Waals surface area contributed by atoms with Crippen LogP contribution < -0.4 is 10.6 Å². The van der Waals surface area contributed by atoms with Crippen LogP contribution in [-0.4, -0.2) is 39.3 Å². The number of rotatable bonds is 7. The van der Waals surface area contributed by atoms with Crippen LogP contribution in [0.15, 0.2) is 41.3 Å². The van der Waals surface area contributed by atoms with Gasteiger partial charge in [0.15, 0.2) is 0 Å². The van der Waals surface area contributed by atoms with Gasteiger partial charge in [0.05, 0.1) is 11.4 Å². The Balaban J connectivity index is 2.11. The van der Waals surface area contributed by atoms with E-state index in [0.717, 1.165) is 4.31 Å². The minimum Gasteiger partial charge on any atom is -0.325 e. The minimum atomic E-state index is -3.62. The Bertz CT molecular complexity index is 1020. The molecule has 0 spiro atoms. The molecule has 0 aliphatic carbocycles. The number of nitrogens with zero attached hydrogens (tertiary/aromatic N) is 1. The molecule has 0 atom stereocenters. The van der Waals surface area contributed by atoms with Gasteiger partial charge in [-0.05, 0) is 56.2 Å². The third kappa shape index (κ3) is 5.54. The van der Waals surface area contributed by atoms with Gasteiger partial charge in [0.1, 0.15) is 5.82 Å². The Morgan fingerprint density at radius 3 is 2.41 bits per heavy atom. The molecule has 2 N–H and O–H groups in total. The third-order valence-electron chi connectivity index (χ3n) is 4.53. The fraction of sp³-hybridized carbons (Fsp3) is 0.350. The summed E-state index contributed by atoms with van der Waals surface area (Å²) in [5.41, 5.74) is 0.930. The molecule has 0 heterocycles. The Morgan fingerprint density at radius 1 is 1.17 bits per heavy atom. The van der Waals surface area contributed by atoms with Gasteiger partial charge >= 0.3 is 0 Å². The maximum Gasteiger partial charge on any atom is 0.242 e. The van der Waals surface area contributed by atoms with Crippen LogP contribution in [0.4, 0.5) is 10.1 Å². The van der Waals surface area contributed by atoms with Crippen molar-refractivity contribution in [3.8, 4) is 0 Å². The van der Waals surface area contributed by atoms with Crippen LogP contribution in [0.2, 0.25) is 5.02 Å². The van der Waals surface area contributed by atoms with E-state index in [1.54, 1.807) is 25.1 Å². The van der Waals surface area contributed by atoms with Crippen molar-refractivity contribution < 1.29 is 17.6 Å². The van der Waals surface area contributed by atoms with E-state index in [4.69, 9.17) is 11.6 Å². The number of anilines is 1. The largest absolute Gasteiger partial charge is 0.325 e. The molecule has 0 saturated carbocycles. The highest BCUT2D eigenvalue weighted by Gasteiger charge is 2.24. The number of carbonyl (C=O) groups is 1. The molecule has 0 fully saturated rings. The van der Waals surface area contributed by atoms with Gasteiger partial charge in [0.25, 0.3) is 0 Å². The SMILES string of the molecule is Cc1ccc(NC(=O)CNC(C)(C)c2ccc(F)cc2Cl)cc1S(=O)(=O)N(C)C. The molecular formula is C20H25ClFN3O3S. The van der Waals surface area contributed by atoms with E-state index in [1.807, 2.05) is 13.8 Å². The fourth-order valence-corrected chi connectivity index (χ4v) is 4.30. The molecule has 2 aromatic carbocycles. The van der Waals surface area contributed by atoms with Crippen molar-refractivity contribution in [3.63, 3.8) is 0 Å². The van der Waals surface area contributed by atoms with Crippen LogP contribution in [0.1, 0.15) is 25.0 Å². The Morgan fingerprint density at radius 2 is 1.83 bits per heavy atom. The Labute approximate surface area is 176 Å². The van der Waals surface area contributed by atoms with E-state index in [-0.39, 0.29) is 22.4 Å². The molecule has 158 valence electrons. The van der Waals surface area contributed by atoms with Crippen molar-refractivity contribution >= 4 is 33.2 Å². The second-order valence-electron chi connectivity index (χ2n) is 7.42. The van der Waals surface area contributed by atoms with E-state index in [0.29, 0.717) is 16.8 Å². The number of halogens is 2. The van der Waals surface area contributed by atoms with Gasteiger partial charge in [-0.2, -0.15) is 0 Å². The van der Waals surface area contributed by atoms with Crippen LogP contribution in [0.3, 0.4) is 0 Å². The summed E-state index contributed by atoms with van der Waals surface area (Å²) in [6, 6.07) is 8.82. The second-order valence-corrected chi connectivity index (χ2v) is 9.95. The first-order valence-corrected chi connectivity index (χ1v) is 10.7. The lowest BCUT2D eigenvalue weighted by molar-refractivity contribution is -0.115. The molecule has 0 aromatic heterocycles. The molecule has 9 heteroatoms. The summed E-state index contributed by atoms with van der Waals surface area (Å²) in [7, 11) is -0.723. The van der Waals surface area contributed by atoms with Crippen LogP contribution in [0.5, 0.6) is 0 Å². The van der Waals surface area contributed by atoms with Crippen LogP contribution in [0.25, 0.3) is 0 Å². The van der Waals surface area contributed by atoms with Gasteiger partial charge in [-0.3, -0.25) is 10.1 Å². The molecule has 29 heavy (non-hydrogen) atoms. The molecule has 0 unspecified atom stereocenters. The molecule has 0 radical (unpaired) electrons. The summed E-state index contributed by atoms with van der Waals surface area (Å²) in [4.78, 5) is 12.5. The molecule has 2 aromatic rings. The quantitative estimate of drug-likeness (QED) is 0.689. The molecule has 0 aliphatic rings. The maximum absolute atomic E-state index is 13.3. The summed E-state index contributed by atoms with van der Waals surface area (Å²) in [6.07, 6.45) is 0. The van der Waals surface area contributed by atoms with Crippen molar-refractivity contribution in [2.75, 3.05) is 26.0 Å². The van der Waals surface area contributed by atoms with E-state index in [1.165, 1.54) is 32.3 Å². The van der Waals surface area contributed by atoms with Gasteiger partial charge in [0.2, 0.25) is 15.9 Å². The molecule has 0 aliphatic heterocycles. The first-order chi connectivity index (χ1) is 13.3. The smallest absolute Gasteiger partial charge is 0.242 e. The van der Waals surface area contributed by atoms with Crippen molar-refractivity contribution in [3.05, 3.63) is 58.4 Å². The highest BCUT2D eigenvalue weighted by Crippen LogP contribution is 2.28. The van der Waals surface area contributed by atoms with E-state index in [9.17, 15) is 17.6 Å². The van der Waals surface area contributed by atoms with Crippen LogP contribution in [-0.2, 0) is 20.4 Å². The standard InChI is InChI=1S/C20H25ClFN3O3S/c1-13-6-8-15(11-18(13)29(27,28)25(4)5)24-19(26)12-23-20(2,3)16-9-7-14(22)10-17(16)21/h6-11,23H,12H2,1-5H3,(H,24,26). The third-order valence-corrected chi connectivity index (χ3v) is 6.80. The van der Waals surface area contributed by atoms with Gasteiger partial charge in [0, 0.05) is 30.3 Å². The van der Waals surface area contributed by atoms with Crippen molar-refractivity contribution in [2.24, 2.45) is 0 Å². The number of sulfonamides is 1. The van der Waals surface area contributed by atoms with Crippen molar-refractivity contribution in [2.45, 2.75) is 31.2 Å². The molecule has 0 bridgehead atoms.